The number of hydrogen-bond acceptors (Lipinski definition) is 7. The minimum Gasteiger partial charge on any atom is -0.497 e. The van der Waals surface area contributed by atoms with Crippen LogP contribution in [-0.4, -0.2) is 44.5 Å². The zero-order chi connectivity index (χ0) is 26.9. The maximum atomic E-state index is 13.8. The third kappa shape index (κ3) is 7.17. The van der Waals surface area contributed by atoms with Crippen molar-refractivity contribution in [1.82, 2.24) is 19.9 Å². The summed E-state index contributed by atoms with van der Waals surface area (Å²) in [5, 5.41) is 3.49. The van der Waals surface area contributed by atoms with Crippen LogP contribution in [0.2, 0.25) is 0 Å². The number of amides is 2. The second-order valence-corrected chi connectivity index (χ2v) is 9.58. The molecule has 0 unspecified atom stereocenters. The minimum atomic E-state index is -0.883. The van der Waals surface area contributed by atoms with Crippen molar-refractivity contribution in [3.8, 4) is 5.75 Å². The van der Waals surface area contributed by atoms with Crippen LogP contribution in [0.4, 0.5) is 5.69 Å². The van der Waals surface area contributed by atoms with Gasteiger partial charge in [-0.05, 0) is 61.4 Å². The highest BCUT2D eigenvalue weighted by Gasteiger charge is 2.32. The van der Waals surface area contributed by atoms with Gasteiger partial charge in [0.05, 0.1) is 12.9 Å². The first-order chi connectivity index (χ1) is 18.4. The number of benzene rings is 2. The number of anilines is 1. The van der Waals surface area contributed by atoms with E-state index in [0.29, 0.717) is 22.2 Å². The van der Waals surface area contributed by atoms with Crippen molar-refractivity contribution in [2.45, 2.75) is 31.6 Å². The van der Waals surface area contributed by atoms with Crippen LogP contribution in [0.3, 0.4) is 0 Å². The van der Waals surface area contributed by atoms with Gasteiger partial charge in [0.15, 0.2) is 5.16 Å². The predicted molar refractivity (Wildman–Crippen MR) is 148 cm³/mol. The molecule has 0 fully saturated rings. The second kappa shape index (κ2) is 12.8. The van der Waals surface area contributed by atoms with Crippen LogP contribution in [0, 0.1) is 13.8 Å². The lowest BCUT2D eigenvalue weighted by Crippen LogP contribution is -2.41. The van der Waals surface area contributed by atoms with Crippen molar-refractivity contribution in [2.75, 3.05) is 18.2 Å². The van der Waals surface area contributed by atoms with Gasteiger partial charge in [-0.3, -0.25) is 14.6 Å². The first kappa shape index (κ1) is 26.8. The van der Waals surface area contributed by atoms with Gasteiger partial charge < -0.3 is 15.0 Å². The SMILES string of the molecule is COc1ccc(NC(=O)[C@H](c2ccccc2)N(Cc2cccnc2)C(=O)CSc2nc(C)cc(C)n2)cc1. The van der Waals surface area contributed by atoms with E-state index < -0.39 is 6.04 Å². The number of carbonyl (C=O) groups excluding carboxylic acids is 2. The van der Waals surface area contributed by atoms with Gasteiger partial charge in [-0.1, -0.05) is 48.2 Å². The van der Waals surface area contributed by atoms with E-state index in [9.17, 15) is 9.59 Å². The number of methoxy groups -OCH3 is 1. The molecule has 9 heteroatoms. The molecule has 8 nitrogen and oxygen atoms in total. The molecule has 4 rings (SSSR count). The Morgan fingerprint density at radius 1 is 0.974 bits per heavy atom. The summed E-state index contributed by atoms with van der Waals surface area (Å²) < 4.78 is 5.22. The summed E-state index contributed by atoms with van der Waals surface area (Å²) in [6, 6.07) is 21.1. The number of hydrogen-bond donors (Lipinski definition) is 1. The molecule has 194 valence electrons. The fourth-order valence-electron chi connectivity index (χ4n) is 3.97. The summed E-state index contributed by atoms with van der Waals surface area (Å²) in [4.78, 5) is 42.2. The summed E-state index contributed by atoms with van der Waals surface area (Å²) in [5.41, 5.74) is 3.78. The summed E-state index contributed by atoms with van der Waals surface area (Å²) in [6.07, 6.45) is 3.37. The Morgan fingerprint density at radius 2 is 1.68 bits per heavy atom. The number of ether oxygens (including phenoxy) is 1. The molecule has 0 saturated carbocycles. The Labute approximate surface area is 226 Å². The fourth-order valence-corrected chi connectivity index (χ4v) is 4.81. The average Bonchev–Trinajstić information content (AvgIpc) is 2.92. The number of nitrogens with zero attached hydrogens (tertiary/aromatic N) is 4. The summed E-state index contributed by atoms with van der Waals surface area (Å²) in [6.45, 7) is 3.99. The first-order valence-electron chi connectivity index (χ1n) is 12.1. The number of carbonyl (C=O) groups is 2. The molecule has 0 aliphatic carbocycles. The second-order valence-electron chi connectivity index (χ2n) is 8.64. The molecule has 0 radical (unpaired) electrons. The quantitative estimate of drug-likeness (QED) is 0.229. The molecule has 1 N–H and O–H groups in total. The highest BCUT2D eigenvalue weighted by Crippen LogP contribution is 2.27. The number of aromatic nitrogens is 3. The Bertz CT molecular complexity index is 1350. The van der Waals surface area contributed by atoms with Crippen molar-refractivity contribution in [1.29, 1.82) is 0 Å². The van der Waals surface area contributed by atoms with E-state index in [4.69, 9.17) is 4.74 Å². The van der Waals surface area contributed by atoms with E-state index in [1.54, 1.807) is 48.7 Å². The minimum absolute atomic E-state index is 0.0717. The number of thioether (sulfide) groups is 1. The molecule has 0 spiro atoms. The van der Waals surface area contributed by atoms with Crippen LogP contribution in [0.25, 0.3) is 0 Å². The Morgan fingerprint density at radius 3 is 2.32 bits per heavy atom. The normalized spacial score (nSPS) is 11.4. The molecule has 0 saturated heterocycles. The smallest absolute Gasteiger partial charge is 0.251 e. The van der Waals surface area contributed by atoms with Crippen LogP contribution in [0.5, 0.6) is 5.75 Å². The van der Waals surface area contributed by atoms with Crippen LogP contribution >= 0.6 is 11.8 Å². The van der Waals surface area contributed by atoms with E-state index in [0.717, 1.165) is 17.0 Å². The van der Waals surface area contributed by atoms with Crippen molar-refractivity contribution in [3.63, 3.8) is 0 Å². The molecule has 0 bridgehead atoms. The van der Waals surface area contributed by atoms with Crippen LogP contribution in [-0.2, 0) is 16.1 Å². The fraction of sp³-hybridized carbons (Fsp3) is 0.207. The summed E-state index contributed by atoms with van der Waals surface area (Å²) in [5.74, 6) is 0.204. The van der Waals surface area contributed by atoms with Gasteiger partial charge in [-0.25, -0.2) is 9.97 Å². The van der Waals surface area contributed by atoms with Gasteiger partial charge in [-0.15, -0.1) is 0 Å². The molecule has 2 heterocycles. The predicted octanol–water partition coefficient (Wildman–Crippen LogP) is 5.00. The lowest BCUT2D eigenvalue weighted by Gasteiger charge is -2.31. The first-order valence-corrected chi connectivity index (χ1v) is 13.0. The van der Waals surface area contributed by atoms with Crippen molar-refractivity contribution >= 4 is 29.3 Å². The Hall–Kier alpha value is -4.24. The molecule has 2 aromatic carbocycles. The molecule has 2 amide bonds. The number of pyridine rings is 1. The zero-order valence-corrected chi connectivity index (χ0v) is 22.3. The molecule has 1 atom stereocenters. The van der Waals surface area contributed by atoms with E-state index >= 15 is 0 Å². The van der Waals surface area contributed by atoms with Gasteiger partial charge in [0.2, 0.25) is 5.91 Å². The topological polar surface area (TPSA) is 97.3 Å². The maximum absolute atomic E-state index is 13.8. The average molecular weight is 528 g/mol. The maximum Gasteiger partial charge on any atom is 0.251 e. The van der Waals surface area contributed by atoms with E-state index in [-0.39, 0.29) is 24.1 Å². The standard InChI is InChI=1S/C29H29N5O3S/c1-20-16-21(2)32-29(31-20)38-19-26(35)34(18-22-8-7-15-30-17-22)27(23-9-5-4-6-10-23)28(36)33-24-11-13-25(37-3)14-12-24/h4-17,27H,18-19H2,1-3H3,(H,33,36)/t27-/m0/s1. The van der Waals surface area contributed by atoms with E-state index in [1.165, 1.54) is 11.8 Å². The van der Waals surface area contributed by atoms with Crippen molar-refractivity contribution < 1.29 is 14.3 Å². The Kier molecular flexibility index (Phi) is 9.05. The van der Waals surface area contributed by atoms with Gasteiger partial charge in [0, 0.05) is 36.0 Å². The molecule has 2 aromatic heterocycles. The zero-order valence-electron chi connectivity index (χ0n) is 21.5. The number of aryl methyl sites for hydroxylation is 2. The summed E-state index contributed by atoms with van der Waals surface area (Å²) in [7, 11) is 1.59. The molecular weight excluding hydrogens is 498 g/mol. The van der Waals surface area contributed by atoms with Crippen LogP contribution in [0.1, 0.15) is 28.6 Å². The molecule has 4 aromatic rings. The number of rotatable bonds is 10. The van der Waals surface area contributed by atoms with Gasteiger partial charge >= 0.3 is 0 Å². The molecule has 38 heavy (non-hydrogen) atoms. The number of nitrogens with one attached hydrogen (secondary N) is 1. The molecule has 0 aliphatic heterocycles. The van der Waals surface area contributed by atoms with Crippen LogP contribution in [0.15, 0.2) is 90.3 Å². The van der Waals surface area contributed by atoms with Crippen molar-refractivity contribution in [3.05, 3.63) is 108 Å². The van der Waals surface area contributed by atoms with E-state index in [2.05, 4.69) is 20.3 Å². The monoisotopic (exact) mass is 527 g/mol. The van der Waals surface area contributed by atoms with Gasteiger partial charge in [-0.2, -0.15) is 0 Å². The van der Waals surface area contributed by atoms with E-state index in [1.807, 2.05) is 62.4 Å². The Balaban J connectivity index is 1.65. The largest absolute Gasteiger partial charge is 0.497 e. The third-order valence-electron chi connectivity index (χ3n) is 5.72. The lowest BCUT2D eigenvalue weighted by molar-refractivity contribution is -0.137. The molecule has 0 aliphatic rings. The third-order valence-corrected chi connectivity index (χ3v) is 6.55. The van der Waals surface area contributed by atoms with Crippen molar-refractivity contribution in [2.24, 2.45) is 0 Å². The van der Waals surface area contributed by atoms with Gasteiger partial charge in [0.1, 0.15) is 11.8 Å². The van der Waals surface area contributed by atoms with Crippen LogP contribution < -0.4 is 10.1 Å². The highest BCUT2D eigenvalue weighted by molar-refractivity contribution is 7.99. The van der Waals surface area contributed by atoms with Gasteiger partial charge in [0.25, 0.3) is 5.91 Å². The molecular formula is C29H29N5O3S. The lowest BCUT2D eigenvalue weighted by atomic mass is 10.0. The summed E-state index contributed by atoms with van der Waals surface area (Å²) >= 11 is 1.25. The highest BCUT2D eigenvalue weighted by atomic mass is 32.2.